The first-order valence-corrected chi connectivity index (χ1v) is 13.2. The van der Waals surface area contributed by atoms with Gasteiger partial charge in [-0.25, -0.2) is 9.78 Å². The van der Waals surface area contributed by atoms with Gasteiger partial charge in [0.2, 0.25) is 5.82 Å². The van der Waals surface area contributed by atoms with Crippen LogP contribution in [-0.2, 0) is 11.2 Å². The number of carbonyl (C=O) groups is 1. The second-order valence-corrected chi connectivity index (χ2v) is 9.57. The number of allylic oxidation sites excluding steroid dienone is 1. The first kappa shape index (κ1) is 27.7. The van der Waals surface area contributed by atoms with Gasteiger partial charge >= 0.3 is 5.97 Å². The van der Waals surface area contributed by atoms with E-state index in [4.69, 9.17) is 30.5 Å². The largest absolute Gasteiger partial charge is 0.490 e. The molecule has 0 saturated heterocycles. The molecule has 1 N–H and O–H groups in total. The fourth-order valence-electron chi connectivity index (χ4n) is 4.33. The highest BCUT2D eigenvalue weighted by molar-refractivity contribution is 6.31. The number of carboxylic acid groups (broad SMARTS) is 1. The zero-order chi connectivity index (χ0) is 29.1. The molecule has 5 rings (SSSR count). The fraction of sp³-hybridized carbons (Fsp3) is 0.161. The van der Waals surface area contributed by atoms with E-state index in [1.54, 1.807) is 66.7 Å². The van der Waals surface area contributed by atoms with Crippen molar-refractivity contribution in [2.75, 3.05) is 6.61 Å². The van der Waals surface area contributed by atoms with Crippen LogP contribution in [0.2, 0.25) is 5.02 Å². The van der Waals surface area contributed by atoms with E-state index in [2.05, 4.69) is 11.7 Å². The Kier molecular flexibility index (Phi) is 7.89. The van der Waals surface area contributed by atoms with Crippen molar-refractivity contribution in [3.63, 3.8) is 0 Å². The maximum absolute atomic E-state index is 13.6. The second kappa shape index (κ2) is 11.7. The molecule has 5 aromatic rings. The summed E-state index contributed by atoms with van der Waals surface area (Å²) in [7, 11) is 0. The maximum Gasteiger partial charge on any atom is 0.344 e. The molecule has 10 heteroatoms. The minimum atomic E-state index is -1.11. The lowest BCUT2D eigenvalue weighted by molar-refractivity contribution is -0.144. The van der Waals surface area contributed by atoms with Crippen LogP contribution in [-0.4, -0.2) is 39.7 Å². The highest BCUT2D eigenvalue weighted by Crippen LogP contribution is 2.35. The van der Waals surface area contributed by atoms with Gasteiger partial charge in [-0.15, -0.1) is 6.58 Å². The Labute approximate surface area is 239 Å². The molecule has 0 aliphatic carbocycles. The van der Waals surface area contributed by atoms with Crippen LogP contribution in [0.15, 0.2) is 87.6 Å². The zero-order valence-corrected chi connectivity index (χ0v) is 23.1. The molecule has 0 radical (unpaired) electrons. The second-order valence-electron chi connectivity index (χ2n) is 9.14. The number of halogens is 1. The zero-order valence-electron chi connectivity index (χ0n) is 22.3. The third kappa shape index (κ3) is 5.71. The molecule has 0 spiro atoms. The Hall–Kier alpha value is -4.89. The average Bonchev–Trinajstić information content (AvgIpc) is 3.37. The lowest BCUT2D eigenvalue weighted by Gasteiger charge is -2.18. The molecule has 0 aliphatic rings. The maximum atomic E-state index is 13.6. The van der Waals surface area contributed by atoms with Crippen molar-refractivity contribution in [2.24, 2.45) is 5.10 Å². The Morgan fingerprint density at radius 1 is 1.22 bits per heavy atom. The van der Waals surface area contributed by atoms with Gasteiger partial charge in [0.25, 0.3) is 5.56 Å². The molecule has 1 atom stereocenters. The van der Waals surface area contributed by atoms with Gasteiger partial charge in [0.1, 0.15) is 5.58 Å². The van der Waals surface area contributed by atoms with Crippen molar-refractivity contribution in [3.8, 4) is 23.1 Å². The van der Waals surface area contributed by atoms with Crippen LogP contribution in [0.1, 0.15) is 25.0 Å². The first-order valence-electron chi connectivity index (χ1n) is 12.8. The van der Waals surface area contributed by atoms with Crippen LogP contribution in [0.3, 0.4) is 0 Å². The smallest absolute Gasteiger partial charge is 0.344 e. The van der Waals surface area contributed by atoms with Gasteiger partial charge in [-0.2, -0.15) is 9.78 Å². The molecule has 3 aromatic carbocycles. The van der Waals surface area contributed by atoms with Crippen molar-refractivity contribution in [1.82, 2.24) is 9.66 Å². The fourth-order valence-corrected chi connectivity index (χ4v) is 4.51. The first-order chi connectivity index (χ1) is 19.8. The molecular weight excluding hydrogens is 546 g/mol. The Balaban J connectivity index is 1.66. The quantitative estimate of drug-likeness (QED) is 0.154. The molecular formula is C31H26ClN3O6. The Morgan fingerprint density at radius 3 is 2.78 bits per heavy atom. The molecule has 41 heavy (non-hydrogen) atoms. The number of benzene rings is 3. The third-order valence-electron chi connectivity index (χ3n) is 6.24. The van der Waals surface area contributed by atoms with Gasteiger partial charge in [0.15, 0.2) is 23.4 Å². The van der Waals surface area contributed by atoms with E-state index in [0.29, 0.717) is 62.9 Å². The van der Waals surface area contributed by atoms with Gasteiger partial charge in [0.05, 0.1) is 23.7 Å². The van der Waals surface area contributed by atoms with Gasteiger partial charge in [-0.3, -0.25) is 4.79 Å². The lowest BCUT2D eigenvalue weighted by Crippen LogP contribution is -2.24. The third-order valence-corrected chi connectivity index (χ3v) is 6.47. The normalized spacial score (nSPS) is 12.2. The predicted octanol–water partition coefficient (Wildman–Crippen LogP) is 6.32. The summed E-state index contributed by atoms with van der Waals surface area (Å²) in [6, 6.07) is 17.4. The molecule has 0 aliphatic heterocycles. The van der Waals surface area contributed by atoms with Crippen LogP contribution in [0, 0.1) is 0 Å². The van der Waals surface area contributed by atoms with Crippen molar-refractivity contribution < 1.29 is 23.8 Å². The molecule has 2 heterocycles. The standard InChI is InChI=1S/C31H26ClN3O6/c1-4-8-20-13-19(14-26(39-5-2)28(20)40-18(3)31(37)38)17-33-35-29(34-24-10-7-6-9-23(24)30(35)36)27-16-21-15-22(32)11-12-25(21)41-27/h4,6-7,9-18H,1,5,8H2,2-3H3,(H,37,38)/t18-/m1/s1. The number of fused-ring (bicyclic) bond motifs is 2. The Morgan fingerprint density at radius 2 is 2.02 bits per heavy atom. The van der Waals surface area contributed by atoms with E-state index in [1.807, 2.05) is 6.92 Å². The van der Waals surface area contributed by atoms with Crippen molar-refractivity contribution in [2.45, 2.75) is 26.4 Å². The average molecular weight is 572 g/mol. The number of furan rings is 1. The summed E-state index contributed by atoms with van der Waals surface area (Å²) in [5.41, 5.74) is 1.94. The summed E-state index contributed by atoms with van der Waals surface area (Å²) < 4.78 is 18.7. The minimum Gasteiger partial charge on any atom is -0.490 e. The van der Waals surface area contributed by atoms with Crippen molar-refractivity contribution >= 4 is 45.7 Å². The van der Waals surface area contributed by atoms with Crippen LogP contribution < -0.4 is 15.0 Å². The summed E-state index contributed by atoms with van der Waals surface area (Å²) >= 11 is 6.16. The number of nitrogens with zero attached hydrogens (tertiary/aromatic N) is 3. The van der Waals surface area contributed by atoms with Crippen LogP contribution >= 0.6 is 11.6 Å². The molecule has 0 fully saturated rings. The lowest BCUT2D eigenvalue weighted by atomic mass is 10.1. The van der Waals surface area contributed by atoms with Crippen LogP contribution in [0.4, 0.5) is 0 Å². The van der Waals surface area contributed by atoms with E-state index in [0.717, 1.165) is 5.39 Å². The highest BCUT2D eigenvalue weighted by Gasteiger charge is 2.20. The molecule has 208 valence electrons. The summed E-state index contributed by atoms with van der Waals surface area (Å²) in [5.74, 6) is 0.107. The van der Waals surface area contributed by atoms with E-state index in [1.165, 1.54) is 17.8 Å². The van der Waals surface area contributed by atoms with Crippen LogP contribution in [0.25, 0.3) is 33.5 Å². The number of hydrogen-bond donors (Lipinski definition) is 1. The van der Waals surface area contributed by atoms with Crippen molar-refractivity contribution in [1.29, 1.82) is 0 Å². The Bertz CT molecular complexity index is 1870. The molecule has 9 nitrogen and oxygen atoms in total. The number of carboxylic acids is 1. The van der Waals surface area contributed by atoms with Crippen LogP contribution in [0.5, 0.6) is 11.5 Å². The van der Waals surface area contributed by atoms with Gasteiger partial charge in [-0.05, 0) is 74.4 Å². The highest BCUT2D eigenvalue weighted by atomic mass is 35.5. The van der Waals surface area contributed by atoms with E-state index in [9.17, 15) is 14.7 Å². The van der Waals surface area contributed by atoms with E-state index in [-0.39, 0.29) is 11.4 Å². The number of para-hydroxylation sites is 1. The van der Waals surface area contributed by atoms with E-state index < -0.39 is 12.1 Å². The molecule has 0 bridgehead atoms. The minimum absolute atomic E-state index is 0.212. The molecule has 2 aromatic heterocycles. The number of aliphatic carboxylic acids is 1. The van der Waals surface area contributed by atoms with E-state index >= 15 is 0 Å². The summed E-state index contributed by atoms with van der Waals surface area (Å²) in [5, 5.41) is 15.6. The number of aromatic nitrogens is 2. The SMILES string of the molecule is C=CCc1cc(C=Nn2c(-c3cc4cc(Cl)ccc4o3)nc3ccccc3c2=O)cc(OCC)c1O[C@H](C)C(=O)O. The monoisotopic (exact) mass is 571 g/mol. The molecule has 0 amide bonds. The van der Waals surface area contributed by atoms with Crippen molar-refractivity contribution in [3.05, 3.63) is 99.8 Å². The molecule has 0 saturated carbocycles. The summed E-state index contributed by atoms with van der Waals surface area (Å²) in [4.78, 5) is 29.8. The summed E-state index contributed by atoms with van der Waals surface area (Å²) in [6.45, 7) is 7.37. The topological polar surface area (TPSA) is 116 Å². The molecule has 0 unspecified atom stereocenters. The number of hydrogen-bond acceptors (Lipinski definition) is 7. The summed E-state index contributed by atoms with van der Waals surface area (Å²) in [6.07, 6.45) is 2.46. The number of ether oxygens (including phenoxy) is 2. The predicted molar refractivity (Wildman–Crippen MR) is 158 cm³/mol. The van der Waals surface area contributed by atoms with Gasteiger partial charge in [-0.1, -0.05) is 29.8 Å². The van der Waals surface area contributed by atoms with Gasteiger partial charge < -0.3 is 19.0 Å². The number of rotatable bonds is 10. The van der Waals surface area contributed by atoms with Gasteiger partial charge in [0, 0.05) is 16.0 Å².